The van der Waals surface area contributed by atoms with Gasteiger partial charge in [0, 0.05) is 13.1 Å². The van der Waals surface area contributed by atoms with E-state index in [0.29, 0.717) is 6.54 Å². The van der Waals surface area contributed by atoms with E-state index in [1.165, 1.54) is 27.8 Å². The second-order valence-corrected chi connectivity index (χ2v) is 12.1. The molecule has 7 nitrogen and oxygen atoms in total. The van der Waals surface area contributed by atoms with Gasteiger partial charge in [-0.15, -0.1) is 0 Å². The van der Waals surface area contributed by atoms with Gasteiger partial charge in [-0.1, -0.05) is 157 Å². The fourth-order valence-electron chi connectivity index (χ4n) is 6.38. The SMILES string of the molecule is c1ccc(CN(CCCNCCCCNC(c2ccccc2)(c2ccccc2)c2ccccc2)c2nnnn2Cc2ccccc2)cc1. The Balaban J connectivity index is 1.03. The molecule has 5 aromatic carbocycles. The molecule has 0 saturated carbocycles. The summed E-state index contributed by atoms with van der Waals surface area (Å²) in [4.78, 5) is 2.29. The van der Waals surface area contributed by atoms with Crippen molar-refractivity contribution in [3.05, 3.63) is 179 Å². The molecule has 0 spiro atoms. The second kappa shape index (κ2) is 17.2. The van der Waals surface area contributed by atoms with E-state index < -0.39 is 5.54 Å². The molecule has 2 N–H and O–H groups in total. The molecular weight excluding hydrogens is 591 g/mol. The normalized spacial score (nSPS) is 11.4. The lowest BCUT2D eigenvalue weighted by Gasteiger charge is -2.37. The van der Waals surface area contributed by atoms with Crippen LogP contribution in [0.4, 0.5) is 5.95 Å². The number of benzene rings is 5. The van der Waals surface area contributed by atoms with Crippen LogP contribution in [0.1, 0.15) is 47.1 Å². The van der Waals surface area contributed by atoms with Crippen LogP contribution >= 0.6 is 0 Å². The highest BCUT2D eigenvalue weighted by molar-refractivity contribution is 5.49. The summed E-state index contributed by atoms with van der Waals surface area (Å²) in [5, 5.41) is 20.5. The van der Waals surface area contributed by atoms with Crippen molar-refractivity contribution in [2.75, 3.05) is 31.1 Å². The van der Waals surface area contributed by atoms with Crippen LogP contribution in [0.5, 0.6) is 0 Å². The highest BCUT2D eigenvalue weighted by Crippen LogP contribution is 2.36. The van der Waals surface area contributed by atoms with Gasteiger partial charge < -0.3 is 10.2 Å². The summed E-state index contributed by atoms with van der Waals surface area (Å²) in [7, 11) is 0. The molecule has 7 heteroatoms. The van der Waals surface area contributed by atoms with E-state index in [2.05, 4.69) is 177 Å². The molecule has 0 fully saturated rings. The number of anilines is 1. The van der Waals surface area contributed by atoms with E-state index in [0.717, 1.165) is 57.9 Å². The fourth-order valence-corrected chi connectivity index (χ4v) is 6.38. The Labute approximate surface area is 284 Å². The van der Waals surface area contributed by atoms with Crippen molar-refractivity contribution in [1.82, 2.24) is 30.8 Å². The maximum absolute atomic E-state index is 4.44. The molecule has 0 aliphatic heterocycles. The molecule has 6 rings (SSSR count). The van der Waals surface area contributed by atoms with Gasteiger partial charge in [0.05, 0.1) is 12.1 Å². The van der Waals surface area contributed by atoms with Crippen LogP contribution in [0, 0.1) is 0 Å². The van der Waals surface area contributed by atoms with E-state index in [-0.39, 0.29) is 0 Å². The van der Waals surface area contributed by atoms with Gasteiger partial charge in [0.2, 0.25) is 5.95 Å². The number of tetrazole rings is 1. The zero-order valence-electron chi connectivity index (χ0n) is 27.5. The molecule has 244 valence electrons. The standard InChI is InChI=1S/C41H45N7/c1-6-19-35(20-7-1)33-47(40-44-45-46-48(40)34-36-21-8-2-9-22-36)32-18-30-42-29-16-17-31-43-41(37-23-10-3-11-24-37,38-25-12-4-13-26-38)39-27-14-5-15-28-39/h1-15,19-28,42-43H,16-18,29-34H2. The molecule has 0 amide bonds. The summed E-state index contributed by atoms with van der Waals surface area (Å²) in [5.41, 5.74) is 5.73. The molecule has 0 saturated heterocycles. The predicted molar refractivity (Wildman–Crippen MR) is 195 cm³/mol. The van der Waals surface area contributed by atoms with Crippen molar-refractivity contribution in [3.63, 3.8) is 0 Å². The van der Waals surface area contributed by atoms with E-state index in [1.54, 1.807) is 0 Å². The zero-order valence-corrected chi connectivity index (χ0v) is 27.5. The van der Waals surface area contributed by atoms with Gasteiger partial charge in [0.25, 0.3) is 0 Å². The average molecular weight is 636 g/mol. The Morgan fingerprint density at radius 2 is 1.02 bits per heavy atom. The first-order chi connectivity index (χ1) is 23.8. The highest BCUT2D eigenvalue weighted by Gasteiger charge is 2.35. The highest BCUT2D eigenvalue weighted by atomic mass is 15.6. The molecular formula is C41H45N7. The summed E-state index contributed by atoms with van der Waals surface area (Å²) >= 11 is 0. The third-order valence-electron chi connectivity index (χ3n) is 8.76. The molecule has 48 heavy (non-hydrogen) atoms. The Hall–Kier alpha value is -5.11. The lowest BCUT2D eigenvalue weighted by molar-refractivity contribution is 0.456. The Morgan fingerprint density at radius 3 is 1.58 bits per heavy atom. The Morgan fingerprint density at radius 1 is 0.542 bits per heavy atom. The number of hydrogen-bond acceptors (Lipinski definition) is 6. The van der Waals surface area contributed by atoms with Crippen LogP contribution in [0.15, 0.2) is 152 Å². The fraction of sp³-hybridized carbons (Fsp3) is 0.244. The quantitative estimate of drug-likeness (QED) is 0.0778. The molecule has 1 aromatic heterocycles. The maximum atomic E-state index is 4.44. The predicted octanol–water partition coefficient (Wildman–Crippen LogP) is 7.07. The van der Waals surface area contributed by atoms with Crippen LogP contribution in [-0.4, -0.2) is 46.4 Å². The van der Waals surface area contributed by atoms with Gasteiger partial charge in [0.15, 0.2) is 0 Å². The van der Waals surface area contributed by atoms with Crippen molar-refractivity contribution in [1.29, 1.82) is 0 Å². The molecule has 0 radical (unpaired) electrons. The Bertz CT molecular complexity index is 1650. The molecule has 6 aromatic rings. The molecule has 0 aliphatic rings. The molecule has 0 aliphatic carbocycles. The van der Waals surface area contributed by atoms with Gasteiger partial charge in [-0.05, 0) is 77.1 Å². The largest absolute Gasteiger partial charge is 0.335 e. The Kier molecular flexibility index (Phi) is 11.7. The summed E-state index contributed by atoms with van der Waals surface area (Å²) < 4.78 is 1.90. The summed E-state index contributed by atoms with van der Waals surface area (Å²) in [5.74, 6) is 0.799. The smallest absolute Gasteiger partial charge is 0.246 e. The second-order valence-electron chi connectivity index (χ2n) is 12.1. The first-order valence-electron chi connectivity index (χ1n) is 17.0. The number of rotatable bonds is 18. The van der Waals surface area contributed by atoms with Gasteiger partial charge in [-0.2, -0.15) is 0 Å². The van der Waals surface area contributed by atoms with Gasteiger partial charge in [-0.25, -0.2) is 4.68 Å². The first kappa shape index (κ1) is 32.8. The van der Waals surface area contributed by atoms with Crippen LogP contribution in [0.2, 0.25) is 0 Å². The van der Waals surface area contributed by atoms with Crippen molar-refractivity contribution in [3.8, 4) is 0 Å². The third-order valence-corrected chi connectivity index (χ3v) is 8.76. The van der Waals surface area contributed by atoms with E-state index in [9.17, 15) is 0 Å². The topological polar surface area (TPSA) is 70.9 Å². The molecule has 0 unspecified atom stereocenters. The number of nitrogens with one attached hydrogen (secondary N) is 2. The number of hydrogen-bond donors (Lipinski definition) is 2. The monoisotopic (exact) mass is 635 g/mol. The van der Waals surface area contributed by atoms with Crippen molar-refractivity contribution >= 4 is 5.95 Å². The van der Waals surface area contributed by atoms with Crippen LogP contribution in [0.25, 0.3) is 0 Å². The van der Waals surface area contributed by atoms with Crippen LogP contribution in [0.3, 0.4) is 0 Å². The first-order valence-corrected chi connectivity index (χ1v) is 17.0. The van der Waals surface area contributed by atoms with Crippen molar-refractivity contribution < 1.29 is 0 Å². The number of nitrogens with zero attached hydrogens (tertiary/aromatic N) is 5. The third kappa shape index (κ3) is 8.42. The summed E-state index contributed by atoms with van der Waals surface area (Å²) in [6.45, 7) is 5.05. The van der Waals surface area contributed by atoms with Gasteiger partial charge >= 0.3 is 0 Å². The maximum Gasteiger partial charge on any atom is 0.246 e. The van der Waals surface area contributed by atoms with E-state index in [4.69, 9.17) is 0 Å². The minimum Gasteiger partial charge on any atom is -0.335 e. The molecule has 1 heterocycles. The summed E-state index contributed by atoms with van der Waals surface area (Å²) in [6.07, 6.45) is 3.14. The minimum absolute atomic E-state index is 0.421. The molecule has 0 bridgehead atoms. The van der Waals surface area contributed by atoms with Crippen LogP contribution in [-0.2, 0) is 18.6 Å². The van der Waals surface area contributed by atoms with Crippen molar-refractivity contribution in [2.45, 2.75) is 37.9 Å². The number of aromatic nitrogens is 4. The zero-order chi connectivity index (χ0) is 32.7. The van der Waals surface area contributed by atoms with E-state index >= 15 is 0 Å². The lowest BCUT2D eigenvalue weighted by Crippen LogP contribution is -2.45. The lowest BCUT2D eigenvalue weighted by atomic mass is 9.77. The van der Waals surface area contributed by atoms with E-state index in [1.807, 2.05) is 10.7 Å². The number of unbranched alkanes of at least 4 members (excludes halogenated alkanes) is 1. The van der Waals surface area contributed by atoms with Gasteiger partial charge in [0.1, 0.15) is 0 Å². The summed E-state index contributed by atoms with van der Waals surface area (Å²) in [6, 6.07) is 53.3. The van der Waals surface area contributed by atoms with Gasteiger partial charge in [-0.3, -0.25) is 5.32 Å². The average Bonchev–Trinajstić information content (AvgIpc) is 3.62. The molecule has 0 atom stereocenters. The minimum atomic E-state index is -0.421. The van der Waals surface area contributed by atoms with Crippen LogP contribution < -0.4 is 15.5 Å². The van der Waals surface area contributed by atoms with Crippen molar-refractivity contribution in [2.24, 2.45) is 0 Å².